The second-order valence-corrected chi connectivity index (χ2v) is 1.27. The summed E-state index contributed by atoms with van der Waals surface area (Å²) in [5.41, 5.74) is 0. The molecule has 0 saturated carbocycles. The number of hydrogen-bond acceptors (Lipinski definition) is 2. The number of nitrogens with zero attached hydrogens (tertiary/aromatic N) is 1. The molecule has 0 fully saturated rings. The first-order chi connectivity index (χ1) is 3.41. The van der Waals surface area contributed by atoms with E-state index in [0.717, 1.165) is 13.0 Å². The molecule has 0 saturated heterocycles. The van der Waals surface area contributed by atoms with Gasteiger partial charge >= 0.3 is 0 Å². The van der Waals surface area contributed by atoms with E-state index in [0.29, 0.717) is 0 Å². The van der Waals surface area contributed by atoms with Crippen LogP contribution in [0.4, 0.5) is 0 Å². The van der Waals surface area contributed by atoms with Crippen LogP contribution in [-0.4, -0.2) is 24.5 Å². The van der Waals surface area contributed by atoms with E-state index < -0.39 is 0 Å². The first-order valence-corrected chi connectivity index (χ1v) is 2.51. The average Bonchev–Trinajstić information content (AvgIpc) is 1.69. The third-order valence-electron chi connectivity index (χ3n) is 0.563. The predicted octanol–water partition coefficient (Wildman–Crippen LogP) is 0.460. The van der Waals surface area contributed by atoms with Crippen LogP contribution in [0.15, 0.2) is 4.99 Å². The molecule has 0 rings (SSSR count). The minimum Gasteiger partial charge on any atom is -0.391 e. The van der Waals surface area contributed by atoms with Crippen LogP contribution in [0.1, 0.15) is 13.3 Å². The maximum atomic E-state index is 8.14. The monoisotopic (exact) mass is 101 g/mol. The van der Waals surface area contributed by atoms with Crippen molar-refractivity contribution in [2.75, 3.05) is 13.2 Å². The van der Waals surface area contributed by atoms with Crippen LogP contribution < -0.4 is 0 Å². The molecule has 0 spiro atoms. The number of aliphatic imine (C=N–C) groups is 1. The molecule has 2 nitrogen and oxygen atoms in total. The van der Waals surface area contributed by atoms with Crippen molar-refractivity contribution in [2.45, 2.75) is 13.3 Å². The van der Waals surface area contributed by atoms with Crippen molar-refractivity contribution in [3.8, 4) is 0 Å². The minimum atomic E-state index is 0.0694. The highest BCUT2D eigenvalue weighted by atomic mass is 16.2. The van der Waals surface area contributed by atoms with Gasteiger partial charge in [0.05, 0.1) is 6.61 Å². The largest absolute Gasteiger partial charge is 0.391 e. The molecule has 0 aromatic carbocycles. The topological polar surface area (TPSA) is 32.6 Å². The molecule has 0 amide bonds. The predicted molar refractivity (Wildman–Crippen MR) is 30.7 cm³/mol. The third-order valence-corrected chi connectivity index (χ3v) is 0.563. The standard InChI is InChI=1S/C5H11NO/c1-2-3-6-4-5-7/h4,7H,2-3,5H2,1H3. The molecule has 0 atom stereocenters. The van der Waals surface area contributed by atoms with Crippen LogP contribution in [-0.2, 0) is 0 Å². The lowest BCUT2D eigenvalue weighted by molar-refractivity contribution is 0.361. The molecular weight excluding hydrogens is 90.1 g/mol. The first-order valence-electron chi connectivity index (χ1n) is 2.51. The lowest BCUT2D eigenvalue weighted by Crippen LogP contribution is -1.83. The molecule has 7 heavy (non-hydrogen) atoms. The lowest BCUT2D eigenvalue weighted by atomic mass is 10.5. The molecule has 0 aromatic heterocycles. The summed E-state index contributed by atoms with van der Waals surface area (Å²) in [6.07, 6.45) is 2.57. The van der Waals surface area contributed by atoms with E-state index in [1.165, 1.54) is 6.21 Å². The van der Waals surface area contributed by atoms with Gasteiger partial charge in [-0.15, -0.1) is 0 Å². The first kappa shape index (κ1) is 6.63. The fraction of sp³-hybridized carbons (Fsp3) is 0.800. The Hall–Kier alpha value is -0.370. The number of hydrogen-bond donors (Lipinski definition) is 1. The fourth-order valence-electron chi connectivity index (χ4n) is 0.278. The Labute approximate surface area is 43.9 Å². The number of aliphatic hydroxyl groups excluding tert-OH is 1. The normalized spacial score (nSPS) is 10.6. The Bertz CT molecular complexity index is 52.0. The minimum absolute atomic E-state index is 0.0694. The van der Waals surface area contributed by atoms with E-state index in [2.05, 4.69) is 11.9 Å². The smallest absolute Gasteiger partial charge is 0.0779 e. The van der Waals surface area contributed by atoms with Crippen molar-refractivity contribution in [3.05, 3.63) is 0 Å². The van der Waals surface area contributed by atoms with E-state index >= 15 is 0 Å². The highest BCUT2D eigenvalue weighted by Crippen LogP contribution is 1.72. The molecule has 0 aliphatic heterocycles. The van der Waals surface area contributed by atoms with Crippen molar-refractivity contribution in [3.63, 3.8) is 0 Å². The van der Waals surface area contributed by atoms with Crippen LogP contribution in [0, 0.1) is 0 Å². The maximum absolute atomic E-state index is 8.14. The van der Waals surface area contributed by atoms with Crippen molar-refractivity contribution in [2.24, 2.45) is 4.99 Å². The summed E-state index contributed by atoms with van der Waals surface area (Å²) >= 11 is 0. The number of rotatable bonds is 3. The third kappa shape index (κ3) is 5.63. The van der Waals surface area contributed by atoms with Gasteiger partial charge in [-0.3, -0.25) is 4.99 Å². The molecule has 0 unspecified atom stereocenters. The highest BCUT2D eigenvalue weighted by molar-refractivity contribution is 5.57. The van der Waals surface area contributed by atoms with Gasteiger partial charge < -0.3 is 5.11 Å². The van der Waals surface area contributed by atoms with E-state index in [9.17, 15) is 0 Å². The van der Waals surface area contributed by atoms with E-state index in [-0.39, 0.29) is 6.61 Å². The van der Waals surface area contributed by atoms with Gasteiger partial charge in [-0.2, -0.15) is 0 Å². The molecule has 2 heteroatoms. The van der Waals surface area contributed by atoms with Crippen molar-refractivity contribution in [1.29, 1.82) is 0 Å². The van der Waals surface area contributed by atoms with Crippen molar-refractivity contribution in [1.82, 2.24) is 0 Å². The summed E-state index contributed by atoms with van der Waals surface area (Å²) < 4.78 is 0. The second-order valence-electron chi connectivity index (χ2n) is 1.27. The van der Waals surface area contributed by atoms with E-state index in [4.69, 9.17) is 5.11 Å². The molecule has 1 N–H and O–H groups in total. The van der Waals surface area contributed by atoms with Crippen LogP contribution in [0.3, 0.4) is 0 Å². The summed E-state index contributed by atoms with van der Waals surface area (Å²) in [4.78, 5) is 3.83. The zero-order valence-electron chi connectivity index (χ0n) is 4.59. The van der Waals surface area contributed by atoms with Crippen molar-refractivity contribution < 1.29 is 5.11 Å². The Morgan fingerprint density at radius 2 is 2.43 bits per heavy atom. The zero-order chi connectivity index (χ0) is 5.54. The van der Waals surface area contributed by atoms with Gasteiger partial charge in [0.25, 0.3) is 0 Å². The Morgan fingerprint density at radius 1 is 1.71 bits per heavy atom. The van der Waals surface area contributed by atoms with Gasteiger partial charge in [-0.25, -0.2) is 0 Å². The van der Waals surface area contributed by atoms with E-state index in [1.807, 2.05) is 0 Å². The Morgan fingerprint density at radius 3 is 2.86 bits per heavy atom. The molecule has 0 aliphatic carbocycles. The highest BCUT2D eigenvalue weighted by Gasteiger charge is 1.68. The summed E-state index contributed by atoms with van der Waals surface area (Å²) in [6, 6.07) is 0. The molecular formula is C5H11NO. The molecule has 0 bridgehead atoms. The molecule has 0 aliphatic rings. The van der Waals surface area contributed by atoms with Crippen LogP contribution in [0.25, 0.3) is 0 Å². The van der Waals surface area contributed by atoms with Gasteiger partial charge in [0, 0.05) is 12.8 Å². The summed E-state index contributed by atoms with van der Waals surface area (Å²) in [6.45, 7) is 2.95. The Balaban J connectivity index is 2.78. The van der Waals surface area contributed by atoms with Gasteiger partial charge in [-0.1, -0.05) is 6.92 Å². The summed E-state index contributed by atoms with van der Waals surface area (Å²) in [5, 5.41) is 8.14. The van der Waals surface area contributed by atoms with Gasteiger partial charge in [-0.05, 0) is 6.42 Å². The quantitative estimate of drug-likeness (QED) is 0.515. The molecule has 42 valence electrons. The van der Waals surface area contributed by atoms with Crippen LogP contribution in [0.5, 0.6) is 0 Å². The maximum Gasteiger partial charge on any atom is 0.0779 e. The summed E-state index contributed by atoms with van der Waals surface area (Å²) in [7, 11) is 0. The van der Waals surface area contributed by atoms with Gasteiger partial charge in [0.1, 0.15) is 0 Å². The van der Waals surface area contributed by atoms with Crippen LogP contribution >= 0.6 is 0 Å². The SMILES string of the molecule is CCCN=CCO. The fourth-order valence-corrected chi connectivity index (χ4v) is 0.278. The van der Waals surface area contributed by atoms with Gasteiger partial charge in [0.15, 0.2) is 0 Å². The van der Waals surface area contributed by atoms with E-state index in [1.54, 1.807) is 0 Å². The lowest BCUT2D eigenvalue weighted by Gasteiger charge is -1.80. The van der Waals surface area contributed by atoms with Crippen LogP contribution in [0.2, 0.25) is 0 Å². The molecule has 0 radical (unpaired) electrons. The second kappa shape index (κ2) is 5.63. The van der Waals surface area contributed by atoms with Gasteiger partial charge in [0.2, 0.25) is 0 Å². The Kier molecular flexibility index (Phi) is 5.33. The summed E-state index contributed by atoms with van der Waals surface area (Å²) in [5.74, 6) is 0. The zero-order valence-corrected chi connectivity index (χ0v) is 4.59. The number of aliphatic hydroxyl groups is 1. The molecule has 0 heterocycles. The molecule has 0 aromatic rings. The average molecular weight is 101 g/mol. The van der Waals surface area contributed by atoms with Crippen molar-refractivity contribution >= 4 is 6.21 Å².